The zero-order valence-corrected chi connectivity index (χ0v) is 15.7. The number of ether oxygens (including phenoxy) is 1. The van der Waals surface area contributed by atoms with Crippen LogP contribution in [0.2, 0.25) is 0 Å². The first-order chi connectivity index (χ1) is 12.1. The minimum Gasteiger partial charge on any atom is -1.00 e. The molecule has 1 heterocycles. The number of benzene rings is 3. The van der Waals surface area contributed by atoms with Gasteiger partial charge in [0, 0.05) is 17.0 Å². The van der Waals surface area contributed by atoms with Crippen molar-refractivity contribution < 1.29 is 35.8 Å². The molecule has 0 spiro atoms. The Balaban J connectivity index is 0.00000196. The minimum atomic E-state index is -0.264. The molecule has 0 saturated heterocycles. The van der Waals surface area contributed by atoms with Gasteiger partial charge in [0.25, 0.3) is 0 Å². The average Bonchev–Trinajstić information content (AvgIpc) is 2.61. The van der Waals surface area contributed by atoms with Crippen LogP contribution < -0.4 is 26.3 Å². The summed E-state index contributed by atoms with van der Waals surface area (Å²) in [5.74, 6) is 0.725. The molecule has 0 atom stereocenters. The third kappa shape index (κ3) is 3.35. The van der Waals surface area contributed by atoms with Crippen LogP contribution in [0.25, 0.3) is 21.7 Å². The van der Waals surface area contributed by atoms with Crippen LogP contribution in [-0.4, -0.2) is 12.2 Å². The van der Waals surface area contributed by atoms with E-state index in [9.17, 15) is 9.50 Å². The molecule has 0 amide bonds. The van der Waals surface area contributed by atoms with Crippen molar-refractivity contribution in [2.24, 2.45) is 0 Å². The maximum atomic E-state index is 13.9. The van der Waals surface area contributed by atoms with Crippen molar-refractivity contribution in [3.8, 4) is 11.5 Å². The van der Waals surface area contributed by atoms with Crippen LogP contribution in [0.3, 0.4) is 0 Å². The fraction of sp³-hybridized carbons (Fsp3) is 0.0952. The summed E-state index contributed by atoms with van der Waals surface area (Å²) < 4.78 is 21.2. The van der Waals surface area contributed by atoms with Crippen molar-refractivity contribution in [2.45, 2.75) is 6.54 Å². The zero-order chi connectivity index (χ0) is 17.4. The Kier molecular flexibility index (Phi) is 5.09. The molecule has 1 N–H and O–H groups in total. The first kappa shape index (κ1) is 18.1. The number of halogens is 2. The Morgan fingerprint density at radius 3 is 2.62 bits per heavy atom. The Morgan fingerprint density at radius 1 is 1.00 bits per heavy atom. The third-order valence-corrected chi connectivity index (χ3v) is 4.38. The van der Waals surface area contributed by atoms with Gasteiger partial charge in [-0.25, -0.2) is 4.39 Å². The van der Waals surface area contributed by atoms with Crippen LogP contribution in [0, 0.1) is 5.82 Å². The fourth-order valence-corrected chi connectivity index (χ4v) is 3.21. The van der Waals surface area contributed by atoms with Crippen LogP contribution >= 0.6 is 0 Å². The van der Waals surface area contributed by atoms with Gasteiger partial charge in [-0.15, -0.1) is 0 Å². The lowest BCUT2D eigenvalue weighted by Crippen LogP contribution is -3.00. The predicted octanol–water partition coefficient (Wildman–Crippen LogP) is 1.19. The highest BCUT2D eigenvalue weighted by molar-refractivity contribution is 6.04. The van der Waals surface area contributed by atoms with E-state index in [-0.39, 0.29) is 28.5 Å². The number of rotatable bonds is 3. The summed E-state index contributed by atoms with van der Waals surface area (Å²) in [6.45, 7) is 0.573. The quantitative estimate of drug-likeness (QED) is 0.404. The van der Waals surface area contributed by atoms with Crippen LogP contribution in [0.5, 0.6) is 11.5 Å². The summed E-state index contributed by atoms with van der Waals surface area (Å²) in [7, 11) is 1.63. The summed E-state index contributed by atoms with van der Waals surface area (Å²) in [5, 5.41) is 12.5. The topological polar surface area (TPSA) is 33.3 Å². The monoisotopic (exact) mass is 413 g/mol. The van der Waals surface area contributed by atoms with Crippen molar-refractivity contribution in [3.63, 3.8) is 0 Å². The maximum Gasteiger partial charge on any atom is 0.213 e. The highest BCUT2D eigenvalue weighted by Gasteiger charge is 2.15. The molecule has 5 heteroatoms. The highest BCUT2D eigenvalue weighted by atomic mass is 79.9. The first-order valence-electron chi connectivity index (χ1n) is 8.01. The van der Waals surface area contributed by atoms with E-state index in [2.05, 4.69) is 4.57 Å². The summed E-state index contributed by atoms with van der Waals surface area (Å²) in [6.07, 6.45) is 2.03. The van der Waals surface area contributed by atoms with Gasteiger partial charge in [0.15, 0.2) is 12.7 Å². The van der Waals surface area contributed by atoms with E-state index < -0.39 is 0 Å². The third-order valence-electron chi connectivity index (χ3n) is 4.38. The lowest BCUT2D eigenvalue weighted by atomic mass is 10.1. The smallest absolute Gasteiger partial charge is 0.213 e. The number of pyridine rings is 1. The van der Waals surface area contributed by atoms with Crippen molar-refractivity contribution in [3.05, 3.63) is 78.2 Å². The maximum absolute atomic E-state index is 13.9. The number of methoxy groups -OCH3 is 1. The van der Waals surface area contributed by atoms with E-state index in [4.69, 9.17) is 4.74 Å². The van der Waals surface area contributed by atoms with Crippen molar-refractivity contribution in [2.75, 3.05) is 7.11 Å². The molecule has 3 nitrogen and oxygen atoms in total. The molecular formula is C21H17BrFNO2. The van der Waals surface area contributed by atoms with Gasteiger partial charge in [-0.1, -0.05) is 12.1 Å². The van der Waals surface area contributed by atoms with Crippen LogP contribution in [0.4, 0.5) is 4.39 Å². The van der Waals surface area contributed by atoms with Gasteiger partial charge >= 0.3 is 0 Å². The second-order valence-corrected chi connectivity index (χ2v) is 6.04. The van der Waals surface area contributed by atoms with Crippen LogP contribution in [-0.2, 0) is 6.54 Å². The Labute approximate surface area is 161 Å². The summed E-state index contributed by atoms with van der Waals surface area (Å²) in [6, 6.07) is 17.7. The number of nitrogens with zero attached hydrogens (tertiary/aromatic N) is 1. The number of fused-ring (bicyclic) bond motifs is 3. The molecule has 0 saturated carbocycles. The molecule has 0 aliphatic carbocycles. The van der Waals surface area contributed by atoms with Gasteiger partial charge in [0.05, 0.1) is 17.9 Å². The van der Waals surface area contributed by atoms with Crippen molar-refractivity contribution >= 4 is 21.7 Å². The van der Waals surface area contributed by atoms with E-state index >= 15 is 0 Å². The average molecular weight is 414 g/mol. The van der Waals surface area contributed by atoms with Gasteiger partial charge in [-0.2, -0.15) is 4.57 Å². The number of aromatic hydroxyl groups is 1. The Morgan fingerprint density at radius 2 is 1.85 bits per heavy atom. The number of hydrogen-bond acceptors (Lipinski definition) is 2. The molecule has 3 aromatic carbocycles. The van der Waals surface area contributed by atoms with Crippen LogP contribution in [0.1, 0.15) is 5.56 Å². The summed E-state index contributed by atoms with van der Waals surface area (Å²) >= 11 is 0. The molecule has 0 unspecified atom stereocenters. The second kappa shape index (κ2) is 7.30. The van der Waals surface area contributed by atoms with Crippen LogP contribution in [0.15, 0.2) is 66.9 Å². The lowest BCUT2D eigenvalue weighted by Gasteiger charge is -2.08. The van der Waals surface area contributed by atoms with Crippen molar-refractivity contribution in [1.82, 2.24) is 0 Å². The van der Waals surface area contributed by atoms with E-state index in [1.807, 2.05) is 36.5 Å². The number of hydrogen-bond donors (Lipinski definition) is 1. The number of phenols is 1. The number of phenolic OH excluding ortho intramolecular Hbond substituents is 1. The van der Waals surface area contributed by atoms with E-state index in [0.29, 0.717) is 6.54 Å². The standard InChI is InChI=1S/C21H16FNO2.BrH/c1-25-18-6-7-19-15(10-18)13-23(12-14-3-2-4-17(24)9-14)21-8-5-16(22)11-20(19)21;/h2-11,13H,12H2,1H3;1H. The molecule has 26 heavy (non-hydrogen) atoms. The van der Waals surface area contributed by atoms with Crippen molar-refractivity contribution in [1.29, 1.82) is 0 Å². The SMILES string of the molecule is COc1ccc2c(c1)c[n+](Cc1cccc(O)c1)c1ccc(F)cc21.[Br-]. The molecule has 4 aromatic rings. The normalized spacial score (nSPS) is 10.7. The Bertz CT molecular complexity index is 1100. The molecule has 4 rings (SSSR count). The number of aromatic nitrogens is 1. The van der Waals surface area contributed by atoms with Gasteiger partial charge < -0.3 is 26.8 Å². The summed E-state index contributed by atoms with van der Waals surface area (Å²) in [5.41, 5.74) is 1.90. The molecule has 0 bridgehead atoms. The molecular weight excluding hydrogens is 397 g/mol. The molecule has 0 radical (unpaired) electrons. The largest absolute Gasteiger partial charge is 1.00 e. The lowest BCUT2D eigenvalue weighted by molar-refractivity contribution is -0.661. The van der Waals surface area contributed by atoms with Gasteiger partial charge in [0.1, 0.15) is 17.3 Å². The Hall–Kier alpha value is -2.66. The molecule has 0 fully saturated rings. The van der Waals surface area contributed by atoms with E-state index in [0.717, 1.165) is 33.0 Å². The van der Waals surface area contributed by atoms with Gasteiger partial charge in [-0.3, -0.25) is 0 Å². The summed E-state index contributed by atoms with van der Waals surface area (Å²) in [4.78, 5) is 0. The van der Waals surface area contributed by atoms with E-state index in [1.165, 1.54) is 6.07 Å². The van der Waals surface area contributed by atoms with E-state index in [1.54, 1.807) is 31.4 Å². The molecule has 0 aliphatic heterocycles. The minimum absolute atomic E-state index is 0. The van der Waals surface area contributed by atoms with Gasteiger partial charge in [0.2, 0.25) is 5.52 Å². The first-order valence-corrected chi connectivity index (χ1v) is 8.01. The highest BCUT2D eigenvalue weighted by Crippen LogP contribution is 2.27. The zero-order valence-electron chi connectivity index (χ0n) is 14.1. The molecule has 0 aliphatic rings. The van der Waals surface area contributed by atoms with Gasteiger partial charge in [-0.05, 0) is 42.5 Å². The second-order valence-electron chi connectivity index (χ2n) is 6.04. The molecule has 132 valence electrons. The predicted molar refractivity (Wildman–Crippen MR) is 95.4 cm³/mol. The fourth-order valence-electron chi connectivity index (χ4n) is 3.21. The molecule has 1 aromatic heterocycles.